The first kappa shape index (κ1) is 17.5. The summed E-state index contributed by atoms with van der Waals surface area (Å²) in [7, 11) is 4.11. The largest absolute Gasteiger partial charge is 0.481 e. The maximum atomic E-state index is 11.5. The normalized spacial score (nSPS) is 19.9. The van der Waals surface area contributed by atoms with Crippen molar-refractivity contribution in [3.63, 3.8) is 0 Å². The highest BCUT2D eigenvalue weighted by atomic mass is 16.4. The van der Waals surface area contributed by atoms with Crippen molar-refractivity contribution in [2.45, 2.75) is 24.8 Å². The fourth-order valence-electron chi connectivity index (χ4n) is 4.07. The molecule has 134 valence electrons. The molecule has 0 radical (unpaired) electrons. The molecule has 3 heterocycles. The van der Waals surface area contributed by atoms with Crippen molar-refractivity contribution >= 4 is 5.97 Å². The van der Waals surface area contributed by atoms with E-state index in [1.165, 1.54) is 11.4 Å². The number of carboxylic acids is 1. The van der Waals surface area contributed by atoms with Crippen molar-refractivity contribution in [3.8, 4) is 0 Å². The molecule has 5 nitrogen and oxygen atoms in total. The van der Waals surface area contributed by atoms with Crippen molar-refractivity contribution in [3.05, 3.63) is 60.7 Å². The quantitative estimate of drug-likeness (QED) is 0.822. The van der Waals surface area contributed by atoms with Gasteiger partial charge >= 0.3 is 5.97 Å². The lowest BCUT2D eigenvalue weighted by atomic mass is 9.88. The first-order valence-electron chi connectivity index (χ1n) is 8.84. The number of rotatable bonds is 6. The molecule has 0 bridgehead atoms. The predicted molar refractivity (Wildman–Crippen MR) is 98.6 cm³/mol. The Morgan fingerprint density at radius 2 is 1.84 bits per heavy atom. The number of carboxylic acid groups (broad SMARTS) is 1. The van der Waals surface area contributed by atoms with Crippen LogP contribution < -0.4 is 0 Å². The molecule has 0 aromatic carbocycles. The molecule has 1 saturated heterocycles. The molecule has 0 saturated carbocycles. The van der Waals surface area contributed by atoms with Gasteiger partial charge in [0.2, 0.25) is 0 Å². The van der Waals surface area contributed by atoms with Gasteiger partial charge in [0.25, 0.3) is 0 Å². The number of carbonyl (C=O) groups is 1. The summed E-state index contributed by atoms with van der Waals surface area (Å²) in [4.78, 5) is 13.8. The summed E-state index contributed by atoms with van der Waals surface area (Å²) in [6, 6.07) is 8.47. The predicted octanol–water partition coefficient (Wildman–Crippen LogP) is 2.85. The fourth-order valence-corrected chi connectivity index (χ4v) is 4.07. The van der Waals surface area contributed by atoms with Crippen LogP contribution in [0, 0.1) is 5.92 Å². The van der Waals surface area contributed by atoms with Gasteiger partial charge in [0, 0.05) is 50.5 Å². The molecule has 1 aliphatic heterocycles. The minimum absolute atomic E-state index is 0.0596. The van der Waals surface area contributed by atoms with Gasteiger partial charge in [-0.2, -0.15) is 0 Å². The summed E-state index contributed by atoms with van der Waals surface area (Å²) in [6.45, 7) is 5.59. The molecule has 25 heavy (non-hydrogen) atoms. The van der Waals surface area contributed by atoms with Gasteiger partial charge in [-0.25, -0.2) is 0 Å². The standard InChI is InChI=1S/C20H27N3O2/c1-4-16(23-13-5-8-15(14-23)20(24)25)19(17-9-6-11-21(17)2)18-10-7-12-22(18)3/h4,6-7,9-12,15-16,19H,1,5,8,13-14H2,2-3H3,(H,24,25). The summed E-state index contributed by atoms with van der Waals surface area (Å²) in [5.41, 5.74) is 2.42. The minimum atomic E-state index is -0.693. The third kappa shape index (κ3) is 3.42. The van der Waals surface area contributed by atoms with E-state index in [0.717, 1.165) is 19.4 Å². The van der Waals surface area contributed by atoms with Crippen molar-refractivity contribution < 1.29 is 9.90 Å². The molecule has 1 N–H and O–H groups in total. The van der Waals surface area contributed by atoms with Gasteiger partial charge in [0.15, 0.2) is 0 Å². The Hall–Kier alpha value is -2.27. The number of likely N-dealkylation sites (tertiary alicyclic amines) is 1. The monoisotopic (exact) mass is 341 g/mol. The Labute approximate surface area is 149 Å². The third-order valence-electron chi connectivity index (χ3n) is 5.41. The van der Waals surface area contributed by atoms with Crippen LogP contribution in [0.25, 0.3) is 0 Å². The van der Waals surface area contributed by atoms with E-state index in [1.54, 1.807) is 0 Å². The highest BCUT2D eigenvalue weighted by molar-refractivity contribution is 5.70. The molecule has 1 fully saturated rings. The highest BCUT2D eigenvalue weighted by Gasteiger charge is 2.35. The molecule has 2 aromatic rings. The molecular formula is C20H27N3O2. The van der Waals surface area contributed by atoms with Crippen LogP contribution in [0.5, 0.6) is 0 Å². The molecule has 2 atom stereocenters. The average molecular weight is 341 g/mol. The molecule has 2 aromatic heterocycles. The number of nitrogens with zero attached hydrogens (tertiary/aromatic N) is 3. The van der Waals surface area contributed by atoms with Crippen LogP contribution in [0.2, 0.25) is 0 Å². The number of aliphatic carboxylic acids is 1. The van der Waals surface area contributed by atoms with Gasteiger partial charge in [-0.3, -0.25) is 9.69 Å². The van der Waals surface area contributed by atoms with Gasteiger partial charge in [-0.05, 0) is 43.7 Å². The molecule has 3 rings (SSSR count). The molecule has 2 unspecified atom stereocenters. The van der Waals surface area contributed by atoms with Gasteiger partial charge in [-0.1, -0.05) is 6.08 Å². The van der Waals surface area contributed by atoms with Crippen LogP contribution >= 0.6 is 0 Å². The highest BCUT2D eigenvalue weighted by Crippen LogP contribution is 2.34. The maximum Gasteiger partial charge on any atom is 0.307 e. The molecule has 5 heteroatoms. The van der Waals surface area contributed by atoms with E-state index in [1.807, 2.05) is 6.08 Å². The van der Waals surface area contributed by atoms with Gasteiger partial charge in [0.05, 0.1) is 11.8 Å². The van der Waals surface area contributed by atoms with Crippen LogP contribution in [0.1, 0.15) is 30.1 Å². The lowest BCUT2D eigenvalue weighted by Crippen LogP contribution is -2.47. The van der Waals surface area contributed by atoms with Crippen molar-refractivity contribution in [2.75, 3.05) is 13.1 Å². The molecule has 0 amide bonds. The summed E-state index contributed by atoms with van der Waals surface area (Å²) in [5, 5.41) is 9.44. The zero-order valence-electron chi connectivity index (χ0n) is 15.0. The summed E-state index contributed by atoms with van der Waals surface area (Å²) >= 11 is 0. The average Bonchev–Trinajstić information content (AvgIpc) is 3.21. The lowest BCUT2D eigenvalue weighted by Gasteiger charge is -2.39. The third-order valence-corrected chi connectivity index (χ3v) is 5.41. The smallest absolute Gasteiger partial charge is 0.307 e. The molecular weight excluding hydrogens is 314 g/mol. The SMILES string of the molecule is C=CC(C(c1cccn1C)c1cccn1C)N1CCCC(C(=O)O)C1. The number of aryl methyl sites for hydroxylation is 2. The molecule has 0 aliphatic carbocycles. The van der Waals surface area contributed by atoms with Crippen LogP contribution in [0.3, 0.4) is 0 Å². The molecule has 1 aliphatic rings. The summed E-state index contributed by atoms with van der Waals surface area (Å²) in [5.74, 6) is -0.870. The van der Waals surface area contributed by atoms with Gasteiger partial charge < -0.3 is 14.2 Å². The Bertz CT molecular complexity index is 705. The first-order valence-corrected chi connectivity index (χ1v) is 8.84. The number of hydrogen-bond donors (Lipinski definition) is 1. The zero-order chi connectivity index (χ0) is 18.0. The topological polar surface area (TPSA) is 50.4 Å². The second-order valence-electron chi connectivity index (χ2n) is 6.96. The number of piperidine rings is 1. The minimum Gasteiger partial charge on any atom is -0.481 e. The van der Waals surface area contributed by atoms with Crippen LogP contribution in [0.15, 0.2) is 49.3 Å². The van der Waals surface area contributed by atoms with E-state index in [4.69, 9.17) is 0 Å². The van der Waals surface area contributed by atoms with Gasteiger partial charge in [0.1, 0.15) is 0 Å². The second-order valence-corrected chi connectivity index (χ2v) is 6.96. The Balaban J connectivity index is 1.99. The summed E-state index contributed by atoms with van der Waals surface area (Å²) in [6.07, 6.45) is 7.77. The van der Waals surface area contributed by atoms with E-state index in [-0.39, 0.29) is 17.9 Å². The summed E-state index contributed by atoms with van der Waals surface area (Å²) < 4.78 is 4.29. The van der Waals surface area contributed by atoms with Gasteiger partial charge in [-0.15, -0.1) is 6.58 Å². The Morgan fingerprint density at radius 3 is 2.28 bits per heavy atom. The van der Waals surface area contributed by atoms with E-state index in [2.05, 4.69) is 71.4 Å². The Kier molecular flexibility index (Phi) is 5.13. The second kappa shape index (κ2) is 7.31. The van der Waals surface area contributed by atoms with E-state index >= 15 is 0 Å². The van der Waals surface area contributed by atoms with Crippen LogP contribution in [-0.4, -0.2) is 44.2 Å². The fraction of sp³-hybridized carbons (Fsp3) is 0.450. The Morgan fingerprint density at radius 1 is 1.24 bits per heavy atom. The van der Waals surface area contributed by atoms with E-state index < -0.39 is 5.97 Å². The van der Waals surface area contributed by atoms with Crippen LogP contribution in [0.4, 0.5) is 0 Å². The van der Waals surface area contributed by atoms with E-state index in [9.17, 15) is 9.90 Å². The number of aromatic nitrogens is 2. The molecule has 0 spiro atoms. The number of hydrogen-bond acceptors (Lipinski definition) is 2. The lowest BCUT2D eigenvalue weighted by molar-refractivity contribution is -0.143. The maximum absolute atomic E-state index is 11.5. The van der Waals surface area contributed by atoms with Crippen LogP contribution in [-0.2, 0) is 18.9 Å². The van der Waals surface area contributed by atoms with Crippen molar-refractivity contribution in [1.29, 1.82) is 0 Å². The van der Waals surface area contributed by atoms with E-state index in [0.29, 0.717) is 6.54 Å². The van der Waals surface area contributed by atoms with Crippen molar-refractivity contribution in [1.82, 2.24) is 14.0 Å². The zero-order valence-corrected chi connectivity index (χ0v) is 15.0. The first-order chi connectivity index (χ1) is 12.0. The van der Waals surface area contributed by atoms with Crippen molar-refractivity contribution in [2.24, 2.45) is 20.0 Å².